The van der Waals surface area contributed by atoms with Crippen molar-refractivity contribution < 1.29 is 9.53 Å². The third-order valence-electron chi connectivity index (χ3n) is 3.74. The molecule has 1 amide bonds. The van der Waals surface area contributed by atoms with Crippen LogP contribution in [-0.2, 0) is 0 Å². The van der Waals surface area contributed by atoms with Gasteiger partial charge in [0.15, 0.2) is 0 Å². The fraction of sp³-hybridized carbons (Fsp3) is 0.278. The molecule has 0 unspecified atom stereocenters. The molecule has 3 aromatic rings. The van der Waals surface area contributed by atoms with Crippen LogP contribution in [0.25, 0.3) is 11.0 Å². The number of nitrogens with zero attached hydrogens (tertiary/aromatic N) is 2. The Hall–Kier alpha value is -2.47. The summed E-state index contributed by atoms with van der Waals surface area (Å²) in [7, 11) is 0. The van der Waals surface area contributed by atoms with Crippen LogP contribution in [0.1, 0.15) is 35.7 Å². The number of ether oxygens (including phenoxy) is 1. The predicted molar refractivity (Wildman–Crippen MR) is 97.0 cm³/mol. The second-order valence-corrected chi connectivity index (χ2v) is 6.10. The maximum Gasteiger partial charge on any atom is 0.255 e. The van der Waals surface area contributed by atoms with Gasteiger partial charge in [-0.25, -0.2) is 0 Å². The summed E-state index contributed by atoms with van der Waals surface area (Å²) < 4.78 is 14.2. The summed E-state index contributed by atoms with van der Waals surface area (Å²) >= 11 is 1.14. The third-order valence-corrected chi connectivity index (χ3v) is 4.28. The number of carbonyl (C=O) groups is 1. The van der Waals surface area contributed by atoms with E-state index in [4.69, 9.17) is 4.74 Å². The molecule has 124 valence electrons. The van der Waals surface area contributed by atoms with Gasteiger partial charge < -0.3 is 10.1 Å². The van der Waals surface area contributed by atoms with Crippen LogP contribution in [0.15, 0.2) is 36.4 Å². The molecule has 0 radical (unpaired) electrons. The van der Waals surface area contributed by atoms with Gasteiger partial charge >= 0.3 is 0 Å². The summed E-state index contributed by atoms with van der Waals surface area (Å²) in [6.07, 6.45) is 2.07. The number of nitrogens with one attached hydrogen (secondary N) is 1. The largest absolute Gasteiger partial charge is 0.494 e. The van der Waals surface area contributed by atoms with Crippen LogP contribution in [-0.4, -0.2) is 21.3 Å². The van der Waals surface area contributed by atoms with E-state index in [0.717, 1.165) is 41.2 Å². The monoisotopic (exact) mass is 341 g/mol. The zero-order chi connectivity index (χ0) is 16.9. The number of amides is 1. The van der Waals surface area contributed by atoms with Gasteiger partial charge in [-0.1, -0.05) is 25.5 Å². The first-order valence-electron chi connectivity index (χ1n) is 7.95. The predicted octanol–water partition coefficient (Wildman–Crippen LogP) is 4.43. The normalized spacial score (nSPS) is 10.8. The molecule has 0 aliphatic carbocycles. The van der Waals surface area contributed by atoms with Crippen LogP contribution >= 0.6 is 11.7 Å². The van der Waals surface area contributed by atoms with Crippen molar-refractivity contribution in [1.29, 1.82) is 0 Å². The summed E-state index contributed by atoms with van der Waals surface area (Å²) in [4.78, 5) is 12.6. The van der Waals surface area contributed by atoms with Gasteiger partial charge in [-0.05, 0) is 43.2 Å². The van der Waals surface area contributed by atoms with E-state index in [-0.39, 0.29) is 5.91 Å². The Kier molecular flexibility index (Phi) is 5.05. The Morgan fingerprint density at radius 2 is 2.12 bits per heavy atom. The molecular formula is C18H19N3O2S. The smallest absolute Gasteiger partial charge is 0.255 e. The zero-order valence-corrected chi connectivity index (χ0v) is 14.5. The molecule has 5 nitrogen and oxygen atoms in total. The lowest BCUT2D eigenvalue weighted by Gasteiger charge is -2.10. The minimum absolute atomic E-state index is 0.181. The summed E-state index contributed by atoms with van der Waals surface area (Å²) in [5.74, 6) is 0.529. The fourth-order valence-corrected chi connectivity index (χ4v) is 2.90. The molecule has 3 rings (SSSR count). The van der Waals surface area contributed by atoms with Gasteiger partial charge in [0.2, 0.25) is 0 Å². The molecular weight excluding hydrogens is 322 g/mol. The molecule has 0 aliphatic rings. The van der Waals surface area contributed by atoms with Crippen molar-refractivity contribution in [3.63, 3.8) is 0 Å². The topological polar surface area (TPSA) is 64.1 Å². The highest BCUT2D eigenvalue weighted by Crippen LogP contribution is 2.26. The summed E-state index contributed by atoms with van der Waals surface area (Å²) in [5, 5.41) is 2.96. The highest BCUT2D eigenvalue weighted by molar-refractivity contribution is 7.00. The van der Waals surface area contributed by atoms with Crippen molar-refractivity contribution in [2.75, 3.05) is 11.9 Å². The molecule has 0 saturated carbocycles. The highest BCUT2D eigenvalue weighted by atomic mass is 32.1. The van der Waals surface area contributed by atoms with Gasteiger partial charge in [-0.3, -0.25) is 4.79 Å². The standard InChI is InChI=1S/C18H19N3O2S/c1-3-4-10-23-14-7-5-6-13(11-14)18(22)19-16-12(2)8-9-15-17(16)21-24-20-15/h5-9,11H,3-4,10H2,1-2H3,(H,19,22). The van der Waals surface area contributed by atoms with E-state index in [1.807, 2.05) is 31.2 Å². The SMILES string of the molecule is CCCCOc1cccc(C(=O)Nc2c(C)ccc3nsnc23)c1. The zero-order valence-electron chi connectivity index (χ0n) is 13.7. The number of aryl methyl sites for hydroxylation is 1. The van der Waals surface area contributed by atoms with E-state index in [0.29, 0.717) is 23.6 Å². The number of anilines is 1. The number of hydrogen-bond donors (Lipinski definition) is 1. The average molecular weight is 341 g/mol. The minimum atomic E-state index is -0.181. The molecule has 1 N–H and O–H groups in total. The number of carbonyl (C=O) groups excluding carboxylic acids is 1. The van der Waals surface area contributed by atoms with Crippen molar-refractivity contribution >= 4 is 34.4 Å². The molecule has 0 atom stereocenters. The Morgan fingerprint density at radius 1 is 1.25 bits per heavy atom. The van der Waals surface area contributed by atoms with E-state index in [2.05, 4.69) is 21.0 Å². The molecule has 0 saturated heterocycles. The third kappa shape index (κ3) is 3.54. The molecule has 0 fully saturated rings. The van der Waals surface area contributed by atoms with E-state index in [1.54, 1.807) is 12.1 Å². The van der Waals surface area contributed by atoms with Crippen molar-refractivity contribution in [3.05, 3.63) is 47.5 Å². The molecule has 2 aromatic carbocycles. The van der Waals surface area contributed by atoms with Gasteiger partial charge in [0.1, 0.15) is 16.8 Å². The van der Waals surface area contributed by atoms with Crippen molar-refractivity contribution in [2.24, 2.45) is 0 Å². The van der Waals surface area contributed by atoms with Gasteiger partial charge in [0.25, 0.3) is 5.91 Å². The van der Waals surface area contributed by atoms with Crippen LogP contribution in [0, 0.1) is 6.92 Å². The lowest BCUT2D eigenvalue weighted by Crippen LogP contribution is -2.13. The average Bonchev–Trinajstić information content (AvgIpc) is 3.07. The second-order valence-electron chi connectivity index (χ2n) is 5.57. The molecule has 1 aromatic heterocycles. The van der Waals surface area contributed by atoms with Crippen molar-refractivity contribution in [1.82, 2.24) is 8.75 Å². The molecule has 6 heteroatoms. The lowest BCUT2D eigenvalue weighted by molar-refractivity contribution is 0.102. The lowest BCUT2D eigenvalue weighted by atomic mass is 10.1. The maximum atomic E-state index is 12.6. The second kappa shape index (κ2) is 7.40. The number of rotatable bonds is 6. The fourth-order valence-electron chi connectivity index (χ4n) is 2.36. The van der Waals surface area contributed by atoms with Crippen LogP contribution in [0.5, 0.6) is 5.75 Å². The quantitative estimate of drug-likeness (QED) is 0.674. The van der Waals surface area contributed by atoms with Gasteiger partial charge in [-0.2, -0.15) is 8.75 Å². The van der Waals surface area contributed by atoms with Gasteiger partial charge in [0.05, 0.1) is 24.0 Å². The Morgan fingerprint density at radius 3 is 2.96 bits per heavy atom. The number of hydrogen-bond acceptors (Lipinski definition) is 5. The van der Waals surface area contributed by atoms with Crippen LogP contribution in [0.2, 0.25) is 0 Å². The first kappa shape index (κ1) is 16.4. The number of benzene rings is 2. The van der Waals surface area contributed by atoms with Crippen molar-refractivity contribution in [2.45, 2.75) is 26.7 Å². The number of aromatic nitrogens is 2. The van der Waals surface area contributed by atoms with Crippen molar-refractivity contribution in [3.8, 4) is 5.75 Å². The van der Waals surface area contributed by atoms with Crippen LogP contribution in [0.4, 0.5) is 5.69 Å². The van der Waals surface area contributed by atoms with Gasteiger partial charge in [0, 0.05) is 5.56 Å². The molecule has 0 spiro atoms. The Labute approximate surface area is 145 Å². The molecule has 0 aliphatic heterocycles. The number of unbranched alkanes of at least 4 members (excludes halogenated alkanes) is 1. The number of fused-ring (bicyclic) bond motifs is 1. The summed E-state index contributed by atoms with van der Waals surface area (Å²) in [5.41, 5.74) is 3.74. The van der Waals surface area contributed by atoms with Crippen LogP contribution < -0.4 is 10.1 Å². The Balaban J connectivity index is 1.80. The minimum Gasteiger partial charge on any atom is -0.494 e. The molecule has 24 heavy (non-hydrogen) atoms. The summed E-state index contributed by atoms with van der Waals surface area (Å²) in [6.45, 7) is 4.71. The highest BCUT2D eigenvalue weighted by Gasteiger charge is 2.13. The molecule has 0 bridgehead atoms. The first-order chi connectivity index (χ1) is 11.7. The van der Waals surface area contributed by atoms with E-state index in [1.165, 1.54) is 0 Å². The Bertz CT molecular complexity index is 860. The first-order valence-corrected chi connectivity index (χ1v) is 8.68. The van der Waals surface area contributed by atoms with E-state index < -0.39 is 0 Å². The van der Waals surface area contributed by atoms with Gasteiger partial charge in [-0.15, -0.1) is 0 Å². The molecule has 1 heterocycles. The van der Waals surface area contributed by atoms with Crippen LogP contribution in [0.3, 0.4) is 0 Å². The van der Waals surface area contributed by atoms with E-state index >= 15 is 0 Å². The van der Waals surface area contributed by atoms with E-state index in [9.17, 15) is 4.79 Å². The maximum absolute atomic E-state index is 12.6. The summed E-state index contributed by atoms with van der Waals surface area (Å²) in [6, 6.07) is 11.1.